The van der Waals surface area contributed by atoms with E-state index < -0.39 is 6.04 Å². The molecule has 5 nitrogen and oxygen atoms in total. The number of hydrogen-bond donors (Lipinski definition) is 1. The summed E-state index contributed by atoms with van der Waals surface area (Å²) >= 11 is 0. The van der Waals surface area contributed by atoms with Gasteiger partial charge >= 0.3 is 0 Å². The van der Waals surface area contributed by atoms with Gasteiger partial charge in [0.25, 0.3) is 5.91 Å². The van der Waals surface area contributed by atoms with Gasteiger partial charge in [-0.3, -0.25) is 9.59 Å². The van der Waals surface area contributed by atoms with Crippen molar-refractivity contribution in [1.82, 2.24) is 10.2 Å². The van der Waals surface area contributed by atoms with Gasteiger partial charge in [0.2, 0.25) is 5.91 Å². The lowest BCUT2D eigenvalue weighted by molar-refractivity contribution is -0.122. The van der Waals surface area contributed by atoms with Crippen LogP contribution in [-0.4, -0.2) is 23.8 Å². The van der Waals surface area contributed by atoms with Crippen LogP contribution in [0.3, 0.4) is 0 Å². The van der Waals surface area contributed by atoms with Gasteiger partial charge in [0.15, 0.2) is 0 Å². The van der Waals surface area contributed by atoms with Crippen LogP contribution in [0.15, 0.2) is 72.8 Å². The van der Waals surface area contributed by atoms with E-state index in [2.05, 4.69) is 5.32 Å². The van der Waals surface area contributed by atoms with E-state index in [4.69, 9.17) is 4.74 Å². The van der Waals surface area contributed by atoms with Gasteiger partial charge in [-0.15, -0.1) is 0 Å². The molecule has 0 saturated carbocycles. The average molecular weight is 418 g/mol. The van der Waals surface area contributed by atoms with Crippen LogP contribution in [0.2, 0.25) is 0 Å². The third-order valence-electron chi connectivity index (χ3n) is 5.51. The molecule has 6 heteroatoms. The Hall–Kier alpha value is -3.67. The first kappa shape index (κ1) is 20.6. The van der Waals surface area contributed by atoms with Gasteiger partial charge in [0.1, 0.15) is 11.6 Å². The Balaban J connectivity index is 1.50. The van der Waals surface area contributed by atoms with Crippen LogP contribution in [-0.2, 0) is 17.9 Å². The van der Waals surface area contributed by atoms with Crippen LogP contribution in [0, 0.1) is 5.82 Å². The molecule has 158 valence electrons. The fourth-order valence-corrected chi connectivity index (χ4v) is 3.81. The number of rotatable bonds is 7. The Bertz CT molecular complexity index is 1080. The lowest BCUT2D eigenvalue weighted by Gasteiger charge is -2.28. The van der Waals surface area contributed by atoms with Crippen LogP contribution >= 0.6 is 0 Å². The maximum Gasteiger partial charge on any atom is 0.255 e. The summed E-state index contributed by atoms with van der Waals surface area (Å²) in [5, 5.41) is 2.92. The van der Waals surface area contributed by atoms with E-state index >= 15 is 0 Å². The number of benzene rings is 3. The molecule has 3 aromatic rings. The smallest absolute Gasteiger partial charge is 0.255 e. The third-order valence-corrected chi connectivity index (χ3v) is 5.51. The van der Waals surface area contributed by atoms with E-state index in [1.165, 1.54) is 12.1 Å². The highest BCUT2D eigenvalue weighted by molar-refractivity contribution is 5.98. The predicted molar refractivity (Wildman–Crippen MR) is 115 cm³/mol. The Morgan fingerprint density at radius 1 is 1.06 bits per heavy atom. The first-order valence-electron chi connectivity index (χ1n) is 10.1. The minimum Gasteiger partial charge on any atom is -0.497 e. The van der Waals surface area contributed by atoms with Crippen LogP contribution < -0.4 is 10.1 Å². The standard InChI is InChI=1S/C25H23FN2O3/c1-31-21-12-6-17(7-13-21)15-27-24(29)14-23(18-8-10-20(26)11-9-18)28-16-19-4-2-3-5-22(19)25(28)30/h2-13,23H,14-16H2,1H3,(H,27,29)/t23-/m0/s1. The topological polar surface area (TPSA) is 58.6 Å². The third kappa shape index (κ3) is 4.58. The molecule has 1 aliphatic heterocycles. The number of halogens is 1. The fraction of sp³-hybridized carbons (Fsp3) is 0.200. The number of nitrogens with zero attached hydrogens (tertiary/aromatic N) is 1. The highest BCUT2D eigenvalue weighted by atomic mass is 19.1. The molecule has 0 bridgehead atoms. The summed E-state index contributed by atoms with van der Waals surface area (Å²) in [5.74, 6) is 0.0860. The fourth-order valence-electron chi connectivity index (χ4n) is 3.81. The van der Waals surface area contributed by atoms with Gasteiger partial charge in [-0.25, -0.2) is 4.39 Å². The molecule has 0 aromatic heterocycles. The molecule has 1 atom stereocenters. The highest BCUT2D eigenvalue weighted by Crippen LogP contribution is 2.33. The summed E-state index contributed by atoms with van der Waals surface area (Å²) in [6, 6.07) is 20.4. The summed E-state index contributed by atoms with van der Waals surface area (Å²) in [6.45, 7) is 0.788. The van der Waals surface area contributed by atoms with Crippen molar-refractivity contribution in [1.29, 1.82) is 0 Å². The van der Waals surface area contributed by atoms with Gasteiger partial charge < -0.3 is 15.0 Å². The molecule has 0 aliphatic carbocycles. The molecule has 2 amide bonds. The van der Waals surface area contributed by atoms with Gasteiger partial charge in [-0.2, -0.15) is 0 Å². The van der Waals surface area contributed by atoms with Crippen LogP contribution in [0.5, 0.6) is 5.75 Å². The SMILES string of the molecule is COc1ccc(CNC(=O)C[C@@H](c2ccc(F)cc2)N2Cc3ccccc3C2=O)cc1. The van der Waals surface area contributed by atoms with Gasteiger partial charge in [-0.05, 0) is 47.0 Å². The Kier molecular flexibility index (Phi) is 5.98. The zero-order valence-electron chi connectivity index (χ0n) is 17.2. The second-order valence-corrected chi connectivity index (χ2v) is 7.49. The molecule has 0 unspecified atom stereocenters. The van der Waals surface area contributed by atoms with E-state index in [9.17, 15) is 14.0 Å². The zero-order chi connectivity index (χ0) is 21.8. The summed E-state index contributed by atoms with van der Waals surface area (Å²) in [6.07, 6.45) is 0.0848. The van der Waals surface area contributed by atoms with Crippen molar-refractivity contribution in [2.24, 2.45) is 0 Å². The quantitative estimate of drug-likeness (QED) is 0.625. The maximum atomic E-state index is 13.5. The molecular formula is C25H23FN2O3. The van der Waals surface area contributed by atoms with Crippen LogP contribution in [0.25, 0.3) is 0 Å². The van der Waals surface area contributed by atoms with Gasteiger partial charge in [0.05, 0.1) is 19.6 Å². The second kappa shape index (κ2) is 9.00. The molecule has 0 spiro atoms. The molecule has 0 radical (unpaired) electrons. The van der Waals surface area contributed by atoms with E-state index in [1.54, 1.807) is 30.2 Å². The molecule has 4 rings (SSSR count). The van der Waals surface area contributed by atoms with Gasteiger partial charge in [-0.1, -0.05) is 42.5 Å². The summed E-state index contributed by atoms with van der Waals surface area (Å²) in [4.78, 5) is 27.5. The molecule has 31 heavy (non-hydrogen) atoms. The molecule has 1 N–H and O–H groups in total. The van der Waals surface area contributed by atoms with Crippen molar-refractivity contribution in [2.45, 2.75) is 25.6 Å². The largest absolute Gasteiger partial charge is 0.497 e. The normalized spacial score (nSPS) is 13.6. The Labute approximate surface area is 180 Å². The van der Waals surface area contributed by atoms with Crippen LogP contribution in [0.1, 0.15) is 39.5 Å². The number of ether oxygens (including phenoxy) is 1. The minimum absolute atomic E-state index is 0.0848. The van der Waals surface area contributed by atoms with E-state index in [0.717, 1.165) is 22.4 Å². The number of carbonyl (C=O) groups excluding carboxylic acids is 2. The van der Waals surface area contributed by atoms with Crippen molar-refractivity contribution < 1.29 is 18.7 Å². The van der Waals surface area contributed by atoms with Crippen molar-refractivity contribution in [2.75, 3.05) is 7.11 Å². The summed E-state index contributed by atoms with van der Waals surface area (Å²) < 4.78 is 18.6. The highest BCUT2D eigenvalue weighted by Gasteiger charge is 2.34. The lowest BCUT2D eigenvalue weighted by atomic mass is 10.0. The Morgan fingerprint density at radius 3 is 2.45 bits per heavy atom. The molecule has 1 aliphatic rings. The Morgan fingerprint density at radius 2 is 1.77 bits per heavy atom. The number of nitrogens with one attached hydrogen (secondary N) is 1. The first-order chi connectivity index (χ1) is 15.0. The van der Waals surface area contributed by atoms with Crippen molar-refractivity contribution in [3.8, 4) is 5.75 Å². The number of fused-ring (bicyclic) bond motifs is 1. The summed E-state index contributed by atoms with van der Waals surface area (Å²) in [5.41, 5.74) is 3.24. The van der Waals surface area contributed by atoms with Gasteiger partial charge in [0, 0.05) is 18.7 Å². The number of hydrogen-bond acceptors (Lipinski definition) is 3. The molecular weight excluding hydrogens is 395 g/mol. The second-order valence-electron chi connectivity index (χ2n) is 7.49. The molecule has 0 saturated heterocycles. The lowest BCUT2D eigenvalue weighted by Crippen LogP contribution is -2.34. The number of carbonyl (C=O) groups is 2. The number of amides is 2. The number of methoxy groups -OCH3 is 1. The monoisotopic (exact) mass is 418 g/mol. The summed E-state index contributed by atoms with van der Waals surface area (Å²) in [7, 11) is 1.60. The first-order valence-corrected chi connectivity index (χ1v) is 10.1. The van der Waals surface area contributed by atoms with Crippen molar-refractivity contribution >= 4 is 11.8 Å². The zero-order valence-corrected chi connectivity index (χ0v) is 17.2. The maximum absolute atomic E-state index is 13.5. The minimum atomic E-state index is -0.489. The molecule has 3 aromatic carbocycles. The van der Waals surface area contributed by atoms with E-state index in [0.29, 0.717) is 18.7 Å². The van der Waals surface area contributed by atoms with Crippen molar-refractivity contribution in [3.05, 3.63) is 101 Å². The average Bonchev–Trinajstić information content (AvgIpc) is 3.13. The van der Waals surface area contributed by atoms with E-state index in [1.807, 2.05) is 42.5 Å². The van der Waals surface area contributed by atoms with E-state index in [-0.39, 0.29) is 24.1 Å². The van der Waals surface area contributed by atoms with Crippen molar-refractivity contribution in [3.63, 3.8) is 0 Å². The molecule has 1 heterocycles. The molecule has 0 fully saturated rings. The predicted octanol–water partition coefficient (Wildman–Crippen LogP) is 4.24. The van der Waals surface area contributed by atoms with Crippen LogP contribution in [0.4, 0.5) is 4.39 Å².